The second kappa shape index (κ2) is 11.8. The number of hydrogen-bond donors (Lipinski definition) is 0. The molecule has 2 aromatic rings. The van der Waals surface area contributed by atoms with Crippen LogP contribution in [-0.2, 0) is 12.6 Å². The molecule has 0 aromatic heterocycles. The number of alkyl halides is 3. The van der Waals surface area contributed by atoms with E-state index in [-0.39, 0.29) is 12.4 Å². The summed E-state index contributed by atoms with van der Waals surface area (Å²) in [6.07, 6.45) is 0.0841. The van der Waals surface area contributed by atoms with Crippen LogP contribution in [0.5, 0.6) is 11.5 Å². The highest BCUT2D eigenvalue weighted by Gasteiger charge is 2.34. The Balaban J connectivity index is 1.20. The van der Waals surface area contributed by atoms with Crippen molar-refractivity contribution in [3.05, 3.63) is 58.1 Å². The molecule has 0 N–H and O–H groups in total. The van der Waals surface area contributed by atoms with Crippen LogP contribution < -0.4 is 9.47 Å². The number of aryl methyl sites for hydroxylation is 1. The molecule has 2 fully saturated rings. The van der Waals surface area contributed by atoms with Gasteiger partial charge in [0.25, 0.3) is 0 Å². The van der Waals surface area contributed by atoms with E-state index in [1.54, 1.807) is 13.0 Å². The fourth-order valence-electron chi connectivity index (χ4n) is 4.97. The van der Waals surface area contributed by atoms with E-state index in [0.29, 0.717) is 29.7 Å². The third kappa shape index (κ3) is 7.51. The lowest BCUT2D eigenvalue weighted by Crippen LogP contribution is -2.27. The molecule has 4 nitrogen and oxygen atoms in total. The molecule has 0 radical (unpaired) electrons. The Hall–Kier alpha value is -1.96. The van der Waals surface area contributed by atoms with Crippen LogP contribution in [-0.4, -0.2) is 62.3 Å². The van der Waals surface area contributed by atoms with Crippen LogP contribution in [0.1, 0.15) is 36.0 Å². The average molecular weight is 511 g/mol. The van der Waals surface area contributed by atoms with Gasteiger partial charge in [-0.3, -0.25) is 9.80 Å². The van der Waals surface area contributed by atoms with Gasteiger partial charge in [-0.2, -0.15) is 13.2 Å². The predicted octanol–water partition coefficient (Wildman–Crippen LogP) is 6.09. The zero-order chi connectivity index (χ0) is 24.8. The maximum atomic E-state index is 13.3. The smallest absolute Gasteiger partial charge is 0.419 e. The van der Waals surface area contributed by atoms with E-state index >= 15 is 0 Å². The fourth-order valence-corrected chi connectivity index (χ4v) is 5.23. The molecular weight excluding hydrogens is 477 g/mol. The molecule has 1 atom stereocenters. The van der Waals surface area contributed by atoms with Crippen molar-refractivity contribution in [2.75, 3.05) is 52.5 Å². The zero-order valence-electron chi connectivity index (χ0n) is 20.2. The van der Waals surface area contributed by atoms with E-state index in [1.807, 2.05) is 12.1 Å². The zero-order valence-corrected chi connectivity index (χ0v) is 21.0. The molecule has 2 aromatic carbocycles. The summed E-state index contributed by atoms with van der Waals surface area (Å²) in [5.41, 5.74) is 1.03. The molecule has 0 saturated carbocycles. The van der Waals surface area contributed by atoms with E-state index in [9.17, 15) is 13.2 Å². The van der Waals surface area contributed by atoms with Crippen LogP contribution in [0.3, 0.4) is 0 Å². The normalized spacial score (nSPS) is 19.4. The molecule has 1 unspecified atom stereocenters. The van der Waals surface area contributed by atoms with Gasteiger partial charge >= 0.3 is 6.18 Å². The lowest BCUT2D eigenvalue weighted by atomic mass is 9.99. The van der Waals surface area contributed by atoms with Crippen molar-refractivity contribution < 1.29 is 22.6 Å². The molecule has 192 valence electrons. The van der Waals surface area contributed by atoms with Gasteiger partial charge in [-0.15, -0.1) is 0 Å². The van der Waals surface area contributed by atoms with Crippen LogP contribution in [0.25, 0.3) is 0 Å². The third-order valence-corrected chi connectivity index (χ3v) is 7.16. The van der Waals surface area contributed by atoms with Gasteiger partial charge in [-0.25, -0.2) is 0 Å². The van der Waals surface area contributed by atoms with Crippen LogP contribution in [0, 0.1) is 12.8 Å². The Morgan fingerprint density at radius 3 is 2.31 bits per heavy atom. The number of halogens is 4. The molecule has 2 aliphatic heterocycles. The lowest BCUT2D eigenvalue weighted by Gasteiger charge is -2.19. The summed E-state index contributed by atoms with van der Waals surface area (Å²) < 4.78 is 51.3. The first-order valence-electron chi connectivity index (χ1n) is 12.4. The van der Waals surface area contributed by atoms with Gasteiger partial charge in [0.2, 0.25) is 0 Å². The van der Waals surface area contributed by atoms with Gasteiger partial charge in [0, 0.05) is 19.6 Å². The molecule has 4 rings (SSSR count). The van der Waals surface area contributed by atoms with Crippen molar-refractivity contribution in [1.29, 1.82) is 0 Å². The Morgan fingerprint density at radius 1 is 0.914 bits per heavy atom. The topological polar surface area (TPSA) is 24.9 Å². The van der Waals surface area contributed by atoms with E-state index in [4.69, 9.17) is 21.1 Å². The van der Waals surface area contributed by atoms with Gasteiger partial charge in [-0.1, -0.05) is 29.3 Å². The van der Waals surface area contributed by atoms with Crippen molar-refractivity contribution >= 4 is 11.6 Å². The Bertz CT molecular complexity index is 979. The predicted molar refractivity (Wildman–Crippen MR) is 133 cm³/mol. The minimum Gasteiger partial charge on any atom is -0.492 e. The maximum Gasteiger partial charge on any atom is 0.419 e. The second-order valence-corrected chi connectivity index (χ2v) is 10.1. The first-order valence-corrected chi connectivity index (χ1v) is 12.8. The number of hydrogen-bond acceptors (Lipinski definition) is 4. The molecule has 35 heavy (non-hydrogen) atoms. The number of ether oxygens (including phenoxy) is 2. The molecule has 0 aliphatic carbocycles. The first kappa shape index (κ1) is 26.1. The molecule has 2 aliphatic rings. The van der Waals surface area contributed by atoms with Gasteiger partial charge in [0.15, 0.2) is 0 Å². The summed E-state index contributed by atoms with van der Waals surface area (Å²) in [6, 6.07) is 10.2. The summed E-state index contributed by atoms with van der Waals surface area (Å²) in [7, 11) is 0. The van der Waals surface area contributed by atoms with Gasteiger partial charge in [0.1, 0.15) is 24.7 Å². The molecule has 0 amide bonds. The average Bonchev–Trinajstić information content (AvgIpc) is 3.48. The highest BCUT2D eigenvalue weighted by atomic mass is 35.5. The molecule has 0 bridgehead atoms. The summed E-state index contributed by atoms with van der Waals surface area (Å²) in [6.45, 7) is 8.18. The summed E-state index contributed by atoms with van der Waals surface area (Å²) in [5.74, 6) is 1.11. The maximum absolute atomic E-state index is 13.3. The van der Waals surface area contributed by atoms with Crippen LogP contribution in [0.15, 0.2) is 36.4 Å². The van der Waals surface area contributed by atoms with Crippen LogP contribution >= 0.6 is 11.6 Å². The van der Waals surface area contributed by atoms with Crippen molar-refractivity contribution in [2.45, 2.75) is 38.8 Å². The number of rotatable bonds is 10. The minimum absolute atomic E-state index is 0.101. The largest absolute Gasteiger partial charge is 0.492 e. The molecule has 2 saturated heterocycles. The lowest BCUT2D eigenvalue weighted by molar-refractivity contribution is -0.139. The standard InChI is InChI=1S/C27H34ClF3N2O2/c1-20-4-6-25(23(16-20)27(29,30)31)34-15-13-33-11-8-22(19-33)17-21-5-7-26(24(28)18-21)35-14-12-32-9-2-3-10-32/h4-7,16,18,22H,2-3,8-15,17,19H2,1H3. The first-order chi connectivity index (χ1) is 16.8. The minimum atomic E-state index is -4.42. The molecule has 8 heteroatoms. The Morgan fingerprint density at radius 2 is 1.60 bits per heavy atom. The van der Waals surface area contributed by atoms with E-state index in [1.165, 1.54) is 24.5 Å². The third-order valence-electron chi connectivity index (χ3n) is 6.86. The second-order valence-electron chi connectivity index (χ2n) is 9.67. The van der Waals surface area contributed by atoms with Crippen molar-refractivity contribution in [1.82, 2.24) is 9.80 Å². The fraction of sp³-hybridized carbons (Fsp3) is 0.556. The van der Waals surface area contributed by atoms with Gasteiger partial charge < -0.3 is 9.47 Å². The quantitative estimate of drug-likeness (QED) is 0.386. The van der Waals surface area contributed by atoms with Crippen molar-refractivity contribution in [3.8, 4) is 11.5 Å². The number of likely N-dealkylation sites (tertiary alicyclic amines) is 2. The van der Waals surface area contributed by atoms with Crippen molar-refractivity contribution in [3.63, 3.8) is 0 Å². The monoisotopic (exact) mass is 510 g/mol. The van der Waals surface area contributed by atoms with Crippen LogP contribution in [0.4, 0.5) is 13.2 Å². The van der Waals surface area contributed by atoms with Gasteiger partial charge in [0.05, 0.1) is 10.6 Å². The summed E-state index contributed by atoms with van der Waals surface area (Å²) in [4.78, 5) is 4.67. The molecule has 0 spiro atoms. The highest BCUT2D eigenvalue weighted by Crippen LogP contribution is 2.37. The van der Waals surface area contributed by atoms with Crippen LogP contribution in [0.2, 0.25) is 5.02 Å². The molecule has 2 heterocycles. The molecular formula is C27H34ClF3N2O2. The highest BCUT2D eigenvalue weighted by molar-refractivity contribution is 6.32. The Kier molecular flexibility index (Phi) is 8.84. The Labute approximate surface area is 210 Å². The number of benzene rings is 2. The summed E-state index contributed by atoms with van der Waals surface area (Å²) in [5, 5.41) is 0.644. The SMILES string of the molecule is Cc1ccc(OCCN2CCC(Cc3ccc(OCCN4CCCC4)c(Cl)c3)C2)c(C(F)(F)F)c1. The van der Waals surface area contributed by atoms with E-state index in [0.717, 1.165) is 57.4 Å². The van der Waals surface area contributed by atoms with Gasteiger partial charge in [-0.05, 0) is 88.0 Å². The number of nitrogens with zero attached hydrogens (tertiary/aromatic N) is 2. The van der Waals surface area contributed by atoms with E-state index in [2.05, 4.69) is 15.9 Å². The van der Waals surface area contributed by atoms with E-state index < -0.39 is 11.7 Å². The van der Waals surface area contributed by atoms with Crippen molar-refractivity contribution in [2.24, 2.45) is 5.92 Å². The summed E-state index contributed by atoms with van der Waals surface area (Å²) >= 11 is 6.47.